The highest BCUT2D eigenvalue weighted by Crippen LogP contribution is 2.19. The molecule has 0 saturated heterocycles. The molecule has 1 N–H and O–H groups in total. The third-order valence-electron chi connectivity index (χ3n) is 3.59. The standard InChI is InChI=1S/C18H17BrClN3O3/c1-2-23-10-15(19)16(22-23)9-21-18(24)17-7-6-14(26-17)11-25-13-5-3-4-12(20)8-13/h3-8,10H,2,9,11H2,1H3,(H,21,24). The Kier molecular flexibility index (Phi) is 6.00. The average Bonchev–Trinajstić information content (AvgIpc) is 3.24. The molecule has 1 amide bonds. The Bertz CT molecular complexity index is 907. The van der Waals surface area contributed by atoms with E-state index in [0.717, 1.165) is 16.7 Å². The molecule has 1 aromatic carbocycles. The van der Waals surface area contributed by atoms with Gasteiger partial charge in [-0.3, -0.25) is 9.48 Å². The molecule has 0 bridgehead atoms. The van der Waals surface area contributed by atoms with Crippen LogP contribution in [0.15, 0.2) is 51.5 Å². The van der Waals surface area contributed by atoms with Crippen molar-refractivity contribution in [3.05, 3.63) is 69.3 Å². The summed E-state index contributed by atoms with van der Waals surface area (Å²) in [6.07, 6.45) is 1.87. The Labute approximate surface area is 164 Å². The van der Waals surface area contributed by atoms with Crippen LogP contribution >= 0.6 is 27.5 Å². The number of aryl methyl sites for hydroxylation is 1. The SMILES string of the molecule is CCn1cc(Br)c(CNC(=O)c2ccc(COc3cccc(Cl)c3)o2)n1. The fraction of sp³-hybridized carbons (Fsp3) is 0.222. The summed E-state index contributed by atoms with van der Waals surface area (Å²) >= 11 is 9.35. The van der Waals surface area contributed by atoms with Gasteiger partial charge in [-0.05, 0) is 53.2 Å². The number of nitrogens with zero attached hydrogens (tertiary/aromatic N) is 2. The van der Waals surface area contributed by atoms with E-state index in [2.05, 4.69) is 26.3 Å². The minimum Gasteiger partial charge on any atom is -0.486 e. The van der Waals surface area contributed by atoms with Crippen molar-refractivity contribution in [2.75, 3.05) is 0 Å². The number of carbonyl (C=O) groups is 1. The molecule has 6 nitrogen and oxygen atoms in total. The van der Waals surface area contributed by atoms with E-state index >= 15 is 0 Å². The van der Waals surface area contributed by atoms with E-state index in [-0.39, 0.29) is 18.3 Å². The highest BCUT2D eigenvalue weighted by Gasteiger charge is 2.13. The van der Waals surface area contributed by atoms with Crippen LogP contribution in [0.1, 0.15) is 28.9 Å². The number of furan rings is 1. The van der Waals surface area contributed by atoms with Crippen molar-refractivity contribution in [2.45, 2.75) is 26.6 Å². The number of aromatic nitrogens is 2. The Morgan fingerprint density at radius 1 is 1.38 bits per heavy atom. The number of hydrogen-bond donors (Lipinski definition) is 1. The fourth-order valence-corrected chi connectivity index (χ4v) is 2.89. The molecular formula is C18H17BrClN3O3. The summed E-state index contributed by atoms with van der Waals surface area (Å²) in [4.78, 5) is 12.2. The number of nitrogens with one attached hydrogen (secondary N) is 1. The molecule has 0 radical (unpaired) electrons. The van der Waals surface area contributed by atoms with Crippen molar-refractivity contribution >= 4 is 33.4 Å². The first-order valence-electron chi connectivity index (χ1n) is 8.02. The Hall–Kier alpha value is -2.25. The molecule has 0 aliphatic carbocycles. The molecule has 0 aliphatic heterocycles. The van der Waals surface area contributed by atoms with Crippen LogP contribution < -0.4 is 10.1 Å². The minimum absolute atomic E-state index is 0.208. The topological polar surface area (TPSA) is 69.3 Å². The molecule has 3 rings (SSSR count). The first-order valence-corrected chi connectivity index (χ1v) is 9.19. The fourth-order valence-electron chi connectivity index (χ4n) is 2.26. The van der Waals surface area contributed by atoms with Gasteiger partial charge in [-0.15, -0.1) is 0 Å². The first-order chi connectivity index (χ1) is 12.5. The van der Waals surface area contributed by atoms with Gasteiger partial charge in [-0.1, -0.05) is 17.7 Å². The molecule has 3 aromatic rings. The van der Waals surface area contributed by atoms with Gasteiger partial charge in [0.2, 0.25) is 0 Å². The van der Waals surface area contributed by atoms with Crippen molar-refractivity contribution in [2.24, 2.45) is 0 Å². The number of carbonyl (C=O) groups excluding carboxylic acids is 1. The van der Waals surface area contributed by atoms with Crippen LogP contribution in [0.3, 0.4) is 0 Å². The lowest BCUT2D eigenvalue weighted by Crippen LogP contribution is -2.22. The summed E-state index contributed by atoms with van der Waals surface area (Å²) in [7, 11) is 0. The van der Waals surface area contributed by atoms with Crippen molar-refractivity contribution < 1.29 is 13.9 Å². The van der Waals surface area contributed by atoms with E-state index < -0.39 is 0 Å². The zero-order valence-corrected chi connectivity index (χ0v) is 16.4. The maximum Gasteiger partial charge on any atom is 0.287 e. The van der Waals surface area contributed by atoms with E-state index in [9.17, 15) is 4.79 Å². The number of benzene rings is 1. The molecule has 8 heteroatoms. The highest BCUT2D eigenvalue weighted by atomic mass is 79.9. The van der Waals surface area contributed by atoms with Crippen LogP contribution in [0.25, 0.3) is 0 Å². The van der Waals surface area contributed by atoms with E-state index in [0.29, 0.717) is 23.1 Å². The van der Waals surface area contributed by atoms with Gasteiger partial charge in [0.1, 0.15) is 18.1 Å². The molecular weight excluding hydrogens is 422 g/mol. The zero-order chi connectivity index (χ0) is 18.5. The number of rotatable bonds is 7. The van der Waals surface area contributed by atoms with Gasteiger partial charge in [-0.2, -0.15) is 5.10 Å². The largest absolute Gasteiger partial charge is 0.486 e. The average molecular weight is 439 g/mol. The second kappa shape index (κ2) is 8.42. The summed E-state index contributed by atoms with van der Waals surface area (Å²) in [5.41, 5.74) is 0.760. The van der Waals surface area contributed by atoms with Gasteiger partial charge in [-0.25, -0.2) is 0 Å². The molecule has 136 valence electrons. The first kappa shape index (κ1) is 18.5. The molecule has 0 fully saturated rings. The maximum atomic E-state index is 12.2. The van der Waals surface area contributed by atoms with Crippen molar-refractivity contribution in [1.82, 2.24) is 15.1 Å². The normalized spacial score (nSPS) is 10.7. The lowest BCUT2D eigenvalue weighted by Gasteiger charge is -2.04. The predicted octanol–water partition coefficient (Wildman–Crippen LogP) is 4.42. The van der Waals surface area contributed by atoms with Crippen LogP contribution in [0.5, 0.6) is 5.75 Å². The molecule has 2 heterocycles. The third-order valence-corrected chi connectivity index (χ3v) is 4.49. The van der Waals surface area contributed by atoms with Gasteiger partial charge < -0.3 is 14.5 Å². The van der Waals surface area contributed by atoms with Crippen molar-refractivity contribution in [3.8, 4) is 5.75 Å². The number of hydrogen-bond acceptors (Lipinski definition) is 4. The Balaban J connectivity index is 1.54. The minimum atomic E-state index is -0.308. The van der Waals surface area contributed by atoms with E-state index in [4.69, 9.17) is 20.8 Å². The maximum absolute atomic E-state index is 12.2. The van der Waals surface area contributed by atoms with E-state index in [1.54, 1.807) is 41.1 Å². The van der Waals surface area contributed by atoms with Gasteiger partial charge in [0.15, 0.2) is 5.76 Å². The zero-order valence-electron chi connectivity index (χ0n) is 14.0. The molecule has 2 aromatic heterocycles. The Morgan fingerprint density at radius 3 is 2.96 bits per heavy atom. The monoisotopic (exact) mass is 437 g/mol. The number of ether oxygens (including phenoxy) is 1. The van der Waals surface area contributed by atoms with Crippen molar-refractivity contribution in [1.29, 1.82) is 0 Å². The summed E-state index contributed by atoms with van der Waals surface area (Å²) in [5.74, 6) is 1.10. The second-order valence-corrected chi connectivity index (χ2v) is 6.76. The van der Waals surface area contributed by atoms with Crippen LogP contribution in [-0.2, 0) is 19.7 Å². The van der Waals surface area contributed by atoms with Gasteiger partial charge in [0.25, 0.3) is 5.91 Å². The van der Waals surface area contributed by atoms with Crippen LogP contribution in [0.4, 0.5) is 0 Å². The van der Waals surface area contributed by atoms with Gasteiger partial charge in [0.05, 0.1) is 16.7 Å². The summed E-state index contributed by atoms with van der Waals surface area (Å²) < 4.78 is 13.8. The third kappa shape index (κ3) is 4.68. The molecule has 0 saturated carbocycles. The summed E-state index contributed by atoms with van der Waals surface area (Å²) in [5, 5.41) is 7.75. The van der Waals surface area contributed by atoms with Crippen molar-refractivity contribution in [3.63, 3.8) is 0 Å². The molecule has 0 aliphatic rings. The lowest BCUT2D eigenvalue weighted by molar-refractivity contribution is 0.0918. The quantitative estimate of drug-likeness (QED) is 0.593. The van der Waals surface area contributed by atoms with Gasteiger partial charge in [0, 0.05) is 17.8 Å². The number of halogens is 2. The second-order valence-electron chi connectivity index (χ2n) is 5.47. The molecule has 0 unspecified atom stereocenters. The van der Waals surface area contributed by atoms with Crippen LogP contribution in [0, 0.1) is 0 Å². The molecule has 0 atom stereocenters. The van der Waals surface area contributed by atoms with Crippen LogP contribution in [0.2, 0.25) is 5.02 Å². The van der Waals surface area contributed by atoms with E-state index in [1.165, 1.54) is 0 Å². The summed E-state index contributed by atoms with van der Waals surface area (Å²) in [6.45, 7) is 3.28. The highest BCUT2D eigenvalue weighted by molar-refractivity contribution is 9.10. The molecule has 0 spiro atoms. The summed E-state index contributed by atoms with van der Waals surface area (Å²) in [6, 6.07) is 10.4. The lowest BCUT2D eigenvalue weighted by atomic mass is 10.3. The number of amides is 1. The Morgan fingerprint density at radius 2 is 2.23 bits per heavy atom. The predicted molar refractivity (Wildman–Crippen MR) is 101 cm³/mol. The van der Waals surface area contributed by atoms with Gasteiger partial charge >= 0.3 is 0 Å². The van der Waals surface area contributed by atoms with E-state index in [1.807, 2.05) is 13.1 Å². The smallest absolute Gasteiger partial charge is 0.287 e. The molecule has 26 heavy (non-hydrogen) atoms. The van der Waals surface area contributed by atoms with Crippen LogP contribution in [-0.4, -0.2) is 15.7 Å².